The van der Waals surface area contributed by atoms with E-state index in [-0.39, 0.29) is 5.91 Å². The number of aromatic nitrogens is 1. The lowest BCUT2D eigenvalue weighted by molar-refractivity contribution is -0.128. The van der Waals surface area contributed by atoms with Gasteiger partial charge in [-0.15, -0.1) is 0 Å². The van der Waals surface area contributed by atoms with E-state index in [4.69, 9.17) is 4.74 Å². The molecular weight excluding hydrogens is 230 g/mol. The summed E-state index contributed by atoms with van der Waals surface area (Å²) >= 11 is 0. The number of carbonyl (C=O) groups excluding carboxylic acids is 1. The molecule has 0 unspecified atom stereocenters. The molecule has 1 amide bonds. The van der Waals surface area contributed by atoms with Crippen LogP contribution in [0.1, 0.15) is 19.8 Å². The van der Waals surface area contributed by atoms with Gasteiger partial charge >= 0.3 is 0 Å². The molecule has 1 saturated carbocycles. The van der Waals surface area contributed by atoms with Crippen LogP contribution in [0.15, 0.2) is 18.3 Å². The van der Waals surface area contributed by atoms with E-state index < -0.39 is 0 Å². The van der Waals surface area contributed by atoms with Crippen molar-refractivity contribution in [3.8, 4) is 5.88 Å². The molecule has 0 atom stereocenters. The Kier molecular flexibility index (Phi) is 4.02. The predicted molar refractivity (Wildman–Crippen MR) is 69.7 cm³/mol. The van der Waals surface area contributed by atoms with E-state index in [1.807, 2.05) is 24.9 Å². The lowest BCUT2D eigenvalue weighted by atomic mass is 10.4. The summed E-state index contributed by atoms with van der Waals surface area (Å²) in [5, 5.41) is 3.07. The third kappa shape index (κ3) is 3.35. The SMILES string of the molecule is CCOc1ccc(NCC(=O)N(C)C2CC2)cn1. The van der Waals surface area contributed by atoms with Gasteiger partial charge in [0.15, 0.2) is 0 Å². The average Bonchev–Trinajstić information content (AvgIpc) is 3.21. The summed E-state index contributed by atoms with van der Waals surface area (Å²) in [4.78, 5) is 17.7. The Bertz CT molecular complexity index is 401. The van der Waals surface area contributed by atoms with E-state index in [1.54, 1.807) is 12.3 Å². The Balaban J connectivity index is 1.80. The first kappa shape index (κ1) is 12.7. The number of nitrogens with zero attached hydrogens (tertiary/aromatic N) is 2. The summed E-state index contributed by atoms with van der Waals surface area (Å²) in [7, 11) is 1.86. The number of likely N-dealkylation sites (N-methyl/N-ethyl adjacent to an activating group) is 1. The lowest BCUT2D eigenvalue weighted by Crippen LogP contribution is -2.33. The van der Waals surface area contributed by atoms with E-state index in [1.165, 1.54) is 0 Å². The number of ether oxygens (including phenoxy) is 1. The molecule has 1 aliphatic rings. The molecule has 1 aliphatic carbocycles. The van der Waals surface area contributed by atoms with Crippen molar-refractivity contribution >= 4 is 11.6 Å². The Morgan fingerprint density at radius 2 is 2.33 bits per heavy atom. The lowest BCUT2D eigenvalue weighted by Gasteiger charge is -2.16. The number of amides is 1. The molecule has 1 heterocycles. The fourth-order valence-electron chi connectivity index (χ4n) is 1.69. The van der Waals surface area contributed by atoms with Crippen LogP contribution in [-0.2, 0) is 4.79 Å². The molecule has 1 N–H and O–H groups in total. The van der Waals surface area contributed by atoms with E-state index >= 15 is 0 Å². The maximum Gasteiger partial charge on any atom is 0.241 e. The van der Waals surface area contributed by atoms with Crippen LogP contribution in [0.2, 0.25) is 0 Å². The van der Waals surface area contributed by atoms with Gasteiger partial charge in [-0.1, -0.05) is 0 Å². The molecule has 18 heavy (non-hydrogen) atoms. The van der Waals surface area contributed by atoms with Crippen LogP contribution in [0.4, 0.5) is 5.69 Å². The van der Waals surface area contributed by atoms with Crippen molar-refractivity contribution in [3.05, 3.63) is 18.3 Å². The molecule has 0 radical (unpaired) electrons. The van der Waals surface area contributed by atoms with Crippen LogP contribution in [0.3, 0.4) is 0 Å². The van der Waals surface area contributed by atoms with Crippen LogP contribution in [-0.4, -0.2) is 42.0 Å². The molecule has 0 aliphatic heterocycles. The highest BCUT2D eigenvalue weighted by Crippen LogP contribution is 2.25. The Morgan fingerprint density at radius 1 is 1.56 bits per heavy atom. The highest BCUT2D eigenvalue weighted by atomic mass is 16.5. The largest absolute Gasteiger partial charge is 0.478 e. The van der Waals surface area contributed by atoms with Gasteiger partial charge in [0.1, 0.15) is 0 Å². The highest BCUT2D eigenvalue weighted by molar-refractivity contribution is 5.81. The second-order valence-corrected chi connectivity index (χ2v) is 4.41. The zero-order valence-electron chi connectivity index (χ0n) is 10.8. The summed E-state index contributed by atoms with van der Waals surface area (Å²) in [6.45, 7) is 2.83. The predicted octanol–water partition coefficient (Wildman–Crippen LogP) is 1.51. The zero-order valence-corrected chi connectivity index (χ0v) is 10.8. The minimum absolute atomic E-state index is 0.117. The standard InChI is InChI=1S/C13H19N3O2/c1-3-18-12-7-4-10(8-15-12)14-9-13(17)16(2)11-5-6-11/h4,7-8,11,14H,3,5-6,9H2,1-2H3. The number of pyridine rings is 1. The summed E-state index contributed by atoms with van der Waals surface area (Å²) < 4.78 is 5.25. The van der Waals surface area contributed by atoms with Crippen molar-refractivity contribution in [1.29, 1.82) is 0 Å². The van der Waals surface area contributed by atoms with Crippen molar-refractivity contribution in [3.63, 3.8) is 0 Å². The Morgan fingerprint density at radius 3 is 2.89 bits per heavy atom. The fraction of sp³-hybridized carbons (Fsp3) is 0.538. The molecule has 98 valence electrons. The molecule has 0 aromatic carbocycles. The van der Waals surface area contributed by atoms with Crippen molar-refractivity contribution in [2.75, 3.05) is 25.5 Å². The molecule has 5 heteroatoms. The van der Waals surface area contributed by atoms with Crippen LogP contribution in [0.5, 0.6) is 5.88 Å². The van der Waals surface area contributed by atoms with Crippen LogP contribution >= 0.6 is 0 Å². The third-order valence-corrected chi connectivity index (χ3v) is 2.96. The first-order valence-corrected chi connectivity index (χ1v) is 6.29. The van der Waals surface area contributed by atoms with Gasteiger partial charge in [0.25, 0.3) is 0 Å². The quantitative estimate of drug-likeness (QED) is 0.830. The Hall–Kier alpha value is -1.78. The summed E-state index contributed by atoms with van der Waals surface area (Å²) in [5.41, 5.74) is 0.830. The number of hydrogen-bond acceptors (Lipinski definition) is 4. The molecule has 0 saturated heterocycles. The molecule has 0 spiro atoms. The second kappa shape index (κ2) is 5.71. The van der Waals surface area contributed by atoms with E-state index in [9.17, 15) is 4.79 Å². The van der Waals surface area contributed by atoms with E-state index in [2.05, 4.69) is 10.3 Å². The number of carbonyl (C=O) groups is 1. The van der Waals surface area contributed by atoms with Gasteiger partial charge in [-0.05, 0) is 25.8 Å². The van der Waals surface area contributed by atoms with Gasteiger partial charge in [-0.3, -0.25) is 4.79 Å². The first-order chi connectivity index (χ1) is 8.70. The second-order valence-electron chi connectivity index (χ2n) is 4.41. The molecule has 1 aromatic heterocycles. The van der Waals surface area contributed by atoms with Gasteiger partial charge < -0.3 is 15.0 Å². The topological polar surface area (TPSA) is 54.5 Å². The smallest absolute Gasteiger partial charge is 0.241 e. The number of nitrogens with one attached hydrogen (secondary N) is 1. The third-order valence-electron chi connectivity index (χ3n) is 2.96. The maximum atomic E-state index is 11.8. The number of anilines is 1. The van der Waals surface area contributed by atoms with Gasteiger partial charge in [0.05, 0.1) is 25.0 Å². The molecule has 1 aromatic rings. The molecule has 2 rings (SSSR count). The number of rotatable bonds is 6. The maximum absolute atomic E-state index is 11.8. The minimum atomic E-state index is 0.117. The van der Waals surface area contributed by atoms with Crippen molar-refractivity contribution in [2.45, 2.75) is 25.8 Å². The molecule has 5 nitrogen and oxygen atoms in total. The van der Waals surface area contributed by atoms with Gasteiger partial charge in [-0.25, -0.2) is 4.98 Å². The van der Waals surface area contributed by atoms with E-state index in [0.29, 0.717) is 25.1 Å². The first-order valence-electron chi connectivity index (χ1n) is 6.29. The van der Waals surface area contributed by atoms with Crippen molar-refractivity contribution in [1.82, 2.24) is 9.88 Å². The van der Waals surface area contributed by atoms with E-state index in [0.717, 1.165) is 18.5 Å². The number of hydrogen-bond donors (Lipinski definition) is 1. The monoisotopic (exact) mass is 249 g/mol. The van der Waals surface area contributed by atoms with Crippen LogP contribution < -0.4 is 10.1 Å². The average molecular weight is 249 g/mol. The normalized spacial score (nSPS) is 14.1. The van der Waals surface area contributed by atoms with Gasteiger partial charge in [-0.2, -0.15) is 0 Å². The molecular formula is C13H19N3O2. The molecule has 0 bridgehead atoms. The summed E-state index contributed by atoms with van der Waals surface area (Å²) in [6.07, 6.45) is 3.94. The zero-order chi connectivity index (χ0) is 13.0. The van der Waals surface area contributed by atoms with Crippen molar-refractivity contribution in [2.24, 2.45) is 0 Å². The summed E-state index contributed by atoms with van der Waals surface area (Å²) in [6, 6.07) is 4.11. The minimum Gasteiger partial charge on any atom is -0.478 e. The Labute approximate surface area is 107 Å². The highest BCUT2D eigenvalue weighted by Gasteiger charge is 2.29. The molecule has 1 fully saturated rings. The van der Waals surface area contributed by atoms with Crippen LogP contribution in [0, 0.1) is 0 Å². The fourth-order valence-corrected chi connectivity index (χ4v) is 1.69. The van der Waals surface area contributed by atoms with Gasteiger partial charge in [0.2, 0.25) is 11.8 Å². The summed E-state index contributed by atoms with van der Waals surface area (Å²) in [5.74, 6) is 0.718. The van der Waals surface area contributed by atoms with Crippen LogP contribution in [0.25, 0.3) is 0 Å². The van der Waals surface area contributed by atoms with Gasteiger partial charge in [0, 0.05) is 19.2 Å². The van der Waals surface area contributed by atoms with Crippen molar-refractivity contribution < 1.29 is 9.53 Å².